The zero-order valence-corrected chi connectivity index (χ0v) is 15.5. The first-order chi connectivity index (χ1) is 12.1. The highest BCUT2D eigenvalue weighted by molar-refractivity contribution is 6.30. The Morgan fingerprint density at radius 1 is 0.960 bits per heavy atom. The van der Waals surface area contributed by atoms with Crippen LogP contribution in [0.15, 0.2) is 54.6 Å². The molecule has 0 unspecified atom stereocenters. The molecule has 1 aliphatic rings. The molecule has 0 saturated carbocycles. The van der Waals surface area contributed by atoms with Crippen molar-refractivity contribution in [1.29, 1.82) is 0 Å². The molecule has 1 fully saturated rings. The Bertz CT molecular complexity index is 687. The molecule has 4 heteroatoms. The minimum Gasteiger partial charge on any atom is -0.341 e. The number of nitrogens with zero attached hydrogens (tertiary/aromatic N) is 2. The molecule has 0 bridgehead atoms. The van der Waals surface area contributed by atoms with E-state index in [1.165, 1.54) is 5.56 Å². The summed E-state index contributed by atoms with van der Waals surface area (Å²) in [5.41, 5.74) is 2.31. The largest absolute Gasteiger partial charge is 0.341 e. The average molecular weight is 357 g/mol. The Morgan fingerprint density at radius 3 is 2.36 bits per heavy atom. The molecule has 132 valence electrons. The van der Waals surface area contributed by atoms with Gasteiger partial charge in [-0.2, -0.15) is 0 Å². The van der Waals surface area contributed by atoms with E-state index in [1.807, 2.05) is 47.4 Å². The molecule has 0 spiro atoms. The third-order valence-electron chi connectivity index (χ3n) is 4.93. The highest BCUT2D eigenvalue weighted by atomic mass is 35.5. The minimum absolute atomic E-state index is 0.0620. The molecular formula is C21H25ClN2O. The van der Waals surface area contributed by atoms with Crippen molar-refractivity contribution < 1.29 is 4.79 Å². The second kappa shape index (κ2) is 8.50. The van der Waals surface area contributed by atoms with Gasteiger partial charge in [-0.3, -0.25) is 4.79 Å². The van der Waals surface area contributed by atoms with Crippen molar-refractivity contribution in [3.63, 3.8) is 0 Å². The summed E-state index contributed by atoms with van der Waals surface area (Å²) in [5.74, 6) is 0.297. The first-order valence-electron chi connectivity index (χ1n) is 8.90. The minimum atomic E-state index is 0.0620. The lowest BCUT2D eigenvalue weighted by Gasteiger charge is -2.24. The van der Waals surface area contributed by atoms with Crippen LogP contribution < -0.4 is 0 Å². The summed E-state index contributed by atoms with van der Waals surface area (Å²) >= 11 is 6.04. The van der Waals surface area contributed by atoms with Gasteiger partial charge < -0.3 is 9.80 Å². The van der Waals surface area contributed by atoms with Gasteiger partial charge in [0, 0.05) is 37.0 Å². The molecule has 0 aromatic heterocycles. The smallest absolute Gasteiger partial charge is 0.223 e. The number of halogens is 1. The van der Waals surface area contributed by atoms with E-state index in [2.05, 4.69) is 24.1 Å². The summed E-state index contributed by atoms with van der Waals surface area (Å²) < 4.78 is 0. The van der Waals surface area contributed by atoms with Crippen LogP contribution in [0, 0.1) is 0 Å². The highest BCUT2D eigenvalue weighted by Crippen LogP contribution is 2.29. The van der Waals surface area contributed by atoms with E-state index in [4.69, 9.17) is 11.6 Å². The fraction of sp³-hybridized carbons (Fsp3) is 0.381. The normalized spacial score (nSPS) is 17.1. The molecule has 2 aromatic rings. The molecule has 3 nitrogen and oxygen atoms in total. The summed E-state index contributed by atoms with van der Waals surface area (Å²) in [6.07, 6.45) is 1.54. The number of likely N-dealkylation sites (N-methyl/N-ethyl adjacent to an activating group) is 1. The summed E-state index contributed by atoms with van der Waals surface area (Å²) in [5, 5.41) is 0.720. The molecule has 1 aliphatic heterocycles. The summed E-state index contributed by atoms with van der Waals surface area (Å²) in [4.78, 5) is 17.3. The molecule has 1 heterocycles. The summed E-state index contributed by atoms with van der Waals surface area (Å²) in [6, 6.07) is 18.1. The van der Waals surface area contributed by atoms with Crippen molar-refractivity contribution in [2.45, 2.75) is 18.8 Å². The molecule has 3 rings (SSSR count). The standard InChI is InChI=1S/C21H25ClN2O/c1-23-12-5-13-24(15-14-23)21(25)16-20(17-6-3-2-4-7-17)18-8-10-19(22)11-9-18/h2-4,6-11,20H,5,12-16H2,1H3/t20-/m1/s1. The van der Waals surface area contributed by atoms with Crippen molar-refractivity contribution >= 4 is 17.5 Å². The van der Waals surface area contributed by atoms with Crippen molar-refractivity contribution in [3.05, 3.63) is 70.7 Å². The second-order valence-corrected chi connectivity index (χ2v) is 7.19. The van der Waals surface area contributed by atoms with Gasteiger partial charge in [0.15, 0.2) is 0 Å². The lowest BCUT2D eigenvalue weighted by atomic mass is 9.88. The van der Waals surface area contributed by atoms with E-state index in [0.29, 0.717) is 6.42 Å². The fourth-order valence-corrected chi connectivity index (χ4v) is 3.53. The Hall–Kier alpha value is -1.84. The maximum absolute atomic E-state index is 13.0. The van der Waals surface area contributed by atoms with E-state index in [-0.39, 0.29) is 11.8 Å². The Morgan fingerprint density at radius 2 is 1.64 bits per heavy atom. The maximum Gasteiger partial charge on any atom is 0.223 e. The van der Waals surface area contributed by atoms with E-state index in [1.54, 1.807) is 0 Å². The average Bonchev–Trinajstić information content (AvgIpc) is 2.86. The number of benzene rings is 2. The van der Waals surface area contributed by atoms with Crippen molar-refractivity contribution in [2.75, 3.05) is 33.2 Å². The number of amides is 1. The van der Waals surface area contributed by atoms with Crippen LogP contribution in [0.5, 0.6) is 0 Å². The molecular weight excluding hydrogens is 332 g/mol. The van der Waals surface area contributed by atoms with Crippen LogP contribution in [0.1, 0.15) is 29.9 Å². The Balaban J connectivity index is 1.80. The first-order valence-corrected chi connectivity index (χ1v) is 9.28. The van der Waals surface area contributed by atoms with Gasteiger partial charge in [0.2, 0.25) is 5.91 Å². The van der Waals surface area contributed by atoms with Gasteiger partial charge in [-0.1, -0.05) is 54.1 Å². The molecule has 0 radical (unpaired) electrons. The SMILES string of the molecule is CN1CCCN(C(=O)C[C@H](c2ccccc2)c2ccc(Cl)cc2)CC1. The highest BCUT2D eigenvalue weighted by Gasteiger charge is 2.23. The van der Waals surface area contributed by atoms with Crippen LogP contribution in [0.4, 0.5) is 0 Å². The molecule has 0 aliphatic carbocycles. The van der Waals surface area contributed by atoms with Crippen LogP contribution in [0.25, 0.3) is 0 Å². The van der Waals surface area contributed by atoms with E-state index in [9.17, 15) is 4.79 Å². The van der Waals surface area contributed by atoms with Gasteiger partial charge >= 0.3 is 0 Å². The predicted molar refractivity (Wildman–Crippen MR) is 103 cm³/mol. The molecule has 0 N–H and O–H groups in total. The van der Waals surface area contributed by atoms with Gasteiger partial charge in [0.05, 0.1) is 0 Å². The van der Waals surface area contributed by atoms with E-state index >= 15 is 0 Å². The maximum atomic E-state index is 13.0. The molecule has 2 aromatic carbocycles. The van der Waals surface area contributed by atoms with Crippen molar-refractivity contribution in [2.24, 2.45) is 0 Å². The Kier molecular flexibility index (Phi) is 6.11. The molecule has 25 heavy (non-hydrogen) atoms. The number of hydrogen-bond acceptors (Lipinski definition) is 2. The monoisotopic (exact) mass is 356 g/mol. The lowest BCUT2D eigenvalue weighted by Crippen LogP contribution is -2.35. The zero-order valence-electron chi connectivity index (χ0n) is 14.7. The topological polar surface area (TPSA) is 23.6 Å². The predicted octanol–water partition coefficient (Wildman–Crippen LogP) is 4.03. The van der Waals surface area contributed by atoms with Crippen LogP contribution in [-0.4, -0.2) is 48.9 Å². The number of hydrogen-bond donors (Lipinski definition) is 0. The molecule has 1 saturated heterocycles. The fourth-order valence-electron chi connectivity index (χ4n) is 3.41. The van der Waals surface area contributed by atoms with Crippen LogP contribution in [-0.2, 0) is 4.79 Å². The van der Waals surface area contributed by atoms with Crippen LogP contribution >= 0.6 is 11.6 Å². The lowest BCUT2D eigenvalue weighted by molar-refractivity contribution is -0.131. The van der Waals surface area contributed by atoms with Crippen LogP contribution in [0.3, 0.4) is 0 Å². The zero-order chi connectivity index (χ0) is 17.6. The van der Waals surface area contributed by atoms with Gasteiger partial charge in [-0.15, -0.1) is 0 Å². The van der Waals surface area contributed by atoms with Gasteiger partial charge in [0.1, 0.15) is 0 Å². The van der Waals surface area contributed by atoms with Crippen molar-refractivity contribution in [1.82, 2.24) is 9.80 Å². The number of carbonyl (C=O) groups excluding carboxylic acids is 1. The third kappa shape index (κ3) is 4.83. The van der Waals surface area contributed by atoms with Gasteiger partial charge in [-0.05, 0) is 43.3 Å². The van der Waals surface area contributed by atoms with Gasteiger partial charge in [0.25, 0.3) is 0 Å². The Labute approximate surface area is 155 Å². The van der Waals surface area contributed by atoms with Gasteiger partial charge in [-0.25, -0.2) is 0 Å². The quantitative estimate of drug-likeness (QED) is 0.825. The van der Waals surface area contributed by atoms with Crippen molar-refractivity contribution in [3.8, 4) is 0 Å². The summed E-state index contributed by atoms with van der Waals surface area (Å²) in [6.45, 7) is 3.68. The number of carbonyl (C=O) groups is 1. The van der Waals surface area contributed by atoms with Crippen LogP contribution in [0.2, 0.25) is 5.02 Å². The first kappa shape index (κ1) is 18.0. The second-order valence-electron chi connectivity index (χ2n) is 6.76. The van der Waals surface area contributed by atoms with E-state index < -0.39 is 0 Å². The van der Waals surface area contributed by atoms with E-state index in [0.717, 1.165) is 43.2 Å². The molecule has 1 atom stereocenters. The third-order valence-corrected chi connectivity index (χ3v) is 5.18. The number of rotatable bonds is 4. The summed E-state index contributed by atoms with van der Waals surface area (Å²) in [7, 11) is 2.12. The molecule has 1 amide bonds.